The lowest BCUT2D eigenvalue weighted by Gasteiger charge is -2.64. The Balaban J connectivity index is 1.23. The molecular formula is C29H44N2O4. The quantitative estimate of drug-likeness (QED) is 0.676. The minimum atomic E-state index is -0.629. The molecule has 3 N–H and O–H groups in total. The number of aliphatic hydroxyl groups is 1. The predicted molar refractivity (Wildman–Crippen MR) is 135 cm³/mol. The second-order valence-electron chi connectivity index (χ2n) is 13.0. The van der Waals surface area contributed by atoms with Gasteiger partial charge in [0.15, 0.2) is 0 Å². The van der Waals surface area contributed by atoms with Crippen LogP contribution in [0.5, 0.6) is 0 Å². The van der Waals surface area contributed by atoms with Gasteiger partial charge in [0, 0.05) is 36.7 Å². The highest BCUT2D eigenvalue weighted by Crippen LogP contribution is 2.70. The summed E-state index contributed by atoms with van der Waals surface area (Å²) >= 11 is 0. The Morgan fingerprint density at radius 3 is 2.71 bits per heavy atom. The molecular weight excluding hydrogens is 440 g/mol. The van der Waals surface area contributed by atoms with Gasteiger partial charge in [0.25, 0.3) is 0 Å². The van der Waals surface area contributed by atoms with Gasteiger partial charge < -0.3 is 20.0 Å². The molecule has 0 unspecified atom stereocenters. The van der Waals surface area contributed by atoms with E-state index in [-0.39, 0.29) is 17.0 Å². The van der Waals surface area contributed by atoms with Crippen molar-refractivity contribution in [1.29, 1.82) is 0 Å². The van der Waals surface area contributed by atoms with E-state index in [0.29, 0.717) is 35.9 Å². The average Bonchev–Trinajstić information content (AvgIpc) is 3.15. The molecule has 1 aromatic heterocycles. The lowest BCUT2D eigenvalue weighted by molar-refractivity contribution is -0.205. The zero-order valence-electron chi connectivity index (χ0n) is 21.6. The van der Waals surface area contributed by atoms with Crippen molar-refractivity contribution in [2.75, 3.05) is 26.3 Å². The van der Waals surface area contributed by atoms with Crippen LogP contribution in [0.15, 0.2) is 27.6 Å². The fourth-order valence-corrected chi connectivity index (χ4v) is 9.96. The van der Waals surface area contributed by atoms with E-state index in [4.69, 9.17) is 14.9 Å². The van der Waals surface area contributed by atoms with E-state index in [1.165, 1.54) is 38.2 Å². The molecule has 0 radical (unpaired) electrons. The number of nitrogens with zero attached hydrogens (tertiary/aromatic N) is 1. The van der Waals surface area contributed by atoms with Crippen LogP contribution in [0.3, 0.4) is 0 Å². The van der Waals surface area contributed by atoms with E-state index >= 15 is 0 Å². The molecule has 4 saturated carbocycles. The Labute approximate surface area is 209 Å². The van der Waals surface area contributed by atoms with E-state index in [9.17, 15) is 9.90 Å². The van der Waals surface area contributed by atoms with Gasteiger partial charge in [-0.25, -0.2) is 4.79 Å². The molecule has 6 heteroatoms. The summed E-state index contributed by atoms with van der Waals surface area (Å²) in [5, 5.41) is 12.5. The third kappa shape index (κ3) is 3.53. The average molecular weight is 485 g/mol. The Bertz CT molecular complexity index is 977. The molecule has 1 aromatic rings. The van der Waals surface area contributed by atoms with Gasteiger partial charge in [0.1, 0.15) is 0 Å². The molecule has 4 aliphatic carbocycles. The Kier molecular flexibility index (Phi) is 5.99. The molecule has 9 atom stereocenters. The third-order valence-electron chi connectivity index (χ3n) is 12.0. The van der Waals surface area contributed by atoms with E-state index in [1.54, 1.807) is 6.26 Å². The zero-order valence-corrected chi connectivity index (χ0v) is 21.6. The van der Waals surface area contributed by atoms with E-state index in [1.807, 2.05) is 6.07 Å². The van der Waals surface area contributed by atoms with Crippen molar-refractivity contribution in [3.63, 3.8) is 0 Å². The summed E-state index contributed by atoms with van der Waals surface area (Å²) in [7, 11) is 0. The van der Waals surface area contributed by atoms with Gasteiger partial charge in [0.2, 0.25) is 0 Å². The van der Waals surface area contributed by atoms with Gasteiger partial charge in [-0.1, -0.05) is 13.8 Å². The predicted octanol–water partition coefficient (Wildman–Crippen LogP) is 3.91. The van der Waals surface area contributed by atoms with Crippen molar-refractivity contribution in [3.8, 4) is 0 Å². The van der Waals surface area contributed by atoms with Gasteiger partial charge in [-0.3, -0.25) is 4.90 Å². The van der Waals surface area contributed by atoms with Crippen LogP contribution >= 0.6 is 0 Å². The molecule has 1 saturated heterocycles. The van der Waals surface area contributed by atoms with Crippen molar-refractivity contribution in [1.82, 2.24) is 4.90 Å². The van der Waals surface area contributed by atoms with Crippen molar-refractivity contribution in [3.05, 3.63) is 34.4 Å². The van der Waals surface area contributed by atoms with Gasteiger partial charge in [-0.05, 0) is 98.5 Å². The van der Waals surface area contributed by atoms with E-state index in [0.717, 1.165) is 56.9 Å². The molecule has 1 aliphatic heterocycles. The van der Waals surface area contributed by atoms with Crippen LogP contribution < -0.4 is 11.4 Å². The number of hydrogen-bond acceptors (Lipinski definition) is 6. The van der Waals surface area contributed by atoms with Crippen LogP contribution in [0, 0.1) is 28.6 Å². The fourth-order valence-electron chi connectivity index (χ4n) is 9.96. The SMILES string of the molecule is C[C@]12CC[C@H](N3CCOC[C@@H]3CN)C[C@H]1CC[C@@H]1[C@@H]2CC[C@]2(C)[C@@H](c3ccc(=O)oc3)CC[C@]12O. The van der Waals surface area contributed by atoms with Gasteiger partial charge in [-0.2, -0.15) is 0 Å². The normalized spacial score (nSPS) is 48.1. The van der Waals surface area contributed by atoms with Crippen molar-refractivity contribution in [2.45, 2.75) is 95.2 Å². The molecule has 6 nitrogen and oxygen atoms in total. The zero-order chi connectivity index (χ0) is 24.4. The Morgan fingerprint density at radius 2 is 1.94 bits per heavy atom. The Morgan fingerprint density at radius 1 is 1.09 bits per heavy atom. The fraction of sp³-hybridized carbons (Fsp3) is 0.828. The highest BCUT2D eigenvalue weighted by atomic mass is 16.5. The minimum absolute atomic E-state index is 0.156. The first-order valence-corrected chi connectivity index (χ1v) is 14.1. The first kappa shape index (κ1) is 24.1. The largest absolute Gasteiger partial charge is 0.431 e. The van der Waals surface area contributed by atoms with Crippen molar-refractivity contribution >= 4 is 0 Å². The summed E-state index contributed by atoms with van der Waals surface area (Å²) < 4.78 is 11.0. The summed E-state index contributed by atoms with van der Waals surface area (Å²) in [6.07, 6.45) is 11.9. The number of morpholine rings is 1. The second kappa shape index (κ2) is 8.68. The molecule has 35 heavy (non-hydrogen) atoms. The summed E-state index contributed by atoms with van der Waals surface area (Å²) in [4.78, 5) is 14.2. The van der Waals surface area contributed by atoms with Crippen LogP contribution in [0.25, 0.3) is 0 Å². The maximum Gasteiger partial charge on any atom is 0.335 e. The lowest BCUT2D eigenvalue weighted by atomic mass is 9.43. The lowest BCUT2D eigenvalue weighted by Crippen LogP contribution is -2.63. The highest BCUT2D eigenvalue weighted by Gasteiger charge is 2.67. The Hall–Kier alpha value is -1.21. The molecule has 5 fully saturated rings. The van der Waals surface area contributed by atoms with Crippen LogP contribution in [-0.4, -0.2) is 54.0 Å². The van der Waals surface area contributed by atoms with E-state index in [2.05, 4.69) is 18.7 Å². The number of rotatable bonds is 3. The summed E-state index contributed by atoms with van der Waals surface area (Å²) in [5.41, 5.74) is 6.43. The van der Waals surface area contributed by atoms with Gasteiger partial charge in [0.05, 0.1) is 25.1 Å². The molecule has 0 bridgehead atoms. The minimum Gasteiger partial charge on any atom is -0.431 e. The van der Waals surface area contributed by atoms with Gasteiger partial charge in [-0.15, -0.1) is 0 Å². The first-order valence-electron chi connectivity index (χ1n) is 14.1. The third-order valence-corrected chi connectivity index (χ3v) is 12.0. The smallest absolute Gasteiger partial charge is 0.335 e. The summed E-state index contributed by atoms with van der Waals surface area (Å²) in [6, 6.07) is 4.46. The molecule has 0 amide bonds. The summed E-state index contributed by atoms with van der Waals surface area (Å²) in [5.74, 6) is 1.97. The molecule has 194 valence electrons. The van der Waals surface area contributed by atoms with Crippen molar-refractivity contribution in [2.24, 2.45) is 34.3 Å². The van der Waals surface area contributed by atoms with Crippen LogP contribution in [0.4, 0.5) is 0 Å². The molecule has 5 aliphatic rings. The first-order chi connectivity index (χ1) is 16.8. The number of fused-ring (bicyclic) bond motifs is 5. The summed E-state index contributed by atoms with van der Waals surface area (Å²) in [6.45, 7) is 8.19. The second-order valence-corrected chi connectivity index (χ2v) is 13.0. The number of nitrogens with two attached hydrogens (primary N) is 1. The van der Waals surface area contributed by atoms with Crippen LogP contribution in [0.2, 0.25) is 0 Å². The van der Waals surface area contributed by atoms with E-state index < -0.39 is 5.60 Å². The molecule has 2 heterocycles. The molecule has 0 spiro atoms. The standard InChI is InChI=1S/C29H44N2O4/c1-27-10-7-21(31-13-14-34-18-22(31)16-30)15-20(27)4-5-25-24(27)8-11-28(2)23(9-12-29(25,28)33)19-3-6-26(32)35-17-19/h3,6,17,20-25,33H,4-5,7-16,18,30H2,1-2H3/t20-,21+,22+,23-,24+,25-,27+,28-,29+/m1/s1. The molecule has 6 rings (SSSR count). The topological polar surface area (TPSA) is 88.9 Å². The van der Waals surface area contributed by atoms with Crippen LogP contribution in [0.1, 0.15) is 83.1 Å². The molecule has 0 aromatic carbocycles. The van der Waals surface area contributed by atoms with Crippen LogP contribution in [-0.2, 0) is 4.74 Å². The van der Waals surface area contributed by atoms with Crippen molar-refractivity contribution < 1.29 is 14.3 Å². The number of ether oxygens (including phenoxy) is 1. The monoisotopic (exact) mass is 484 g/mol. The maximum absolute atomic E-state index is 12.5. The van der Waals surface area contributed by atoms with Gasteiger partial charge >= 0.3 is 5.63 Å². The number of hydrogen-bond donors (Lipinski definition) is 2. The highest BCUT2D eigenvalue weighted by molar-refractivity contribution is 5.27. The maximum atomic E-state index is 12.5.